The minimum Gasteiger partial charge on any atom is -0.481 e. The van der Waals surface area contributed by atoms with Gasteiger partial charge in [0.05, 0.1) is 5.41 Å². The largest absolute Gasteiger partial charge is 0.481 e. The van der Waals surface area contributed by atoms with Crippen LogP contribution in [0.15, 0.2) is 54.9 Å². The molecule has 1 aliphatic rings. The lowest BCUT2D eigenvalue weighted by Crippen LogP contribution is -2.48. The highest BCUT2D eigenvalue weighted by Crippen LogP contribution is 2.35. The van der Waals surface area contributed by atoms with Gasteiger partial charge >= 0.3 is 5.97 Å². The lowest BCUT2D eigenvalue weighted by molar-refractivity contribution is -0.149. The number of aliphatic carboxylic acids is 1. The van der Waals surface area contributed by atoms with Crippen molar-refractivity contribution in [3.05, 3.63) is 60.4 Å². The molecule has 1 fully saturated rings. The Kier molecular flexibility index (Phi) is 4.89. The molecule has 1 saturated heterocycles. The van der Waals surface area contributed by atoms with Gasteiger partial charge in [0.1, 0.15) is 0 Å². The first-order valence-electron chi connectivity index (χ1n) is 8.17. The minimum atomic E-state index is -0.789. The van der Waals surface area contributed by atoms with E-state index in [1.54, 1.807) is 18.5 Å². The molecular formula is C19H21N3O2. The molecule has 0 radical (unpaired) electrons. The van der Waals surface area contributed by atoms with Crippen molar-refractivity contribution < 1.29 is 9.90 Å². The second-order valence-corrected chi connectivity index (χ2v) is 6.18. The second kappa shape index (κ2) is 7.25. The standard InChI is InChI=1S/C19H21N3O2/c23-17(24)19(10-4-9-16-7-2-1-3-8-16)11-5-14-22(15-19)18-20-12-6-13-21-18/h1-4,6-9,12-13H,5,10-11,14-15H2,(H,23,24)/b9-4+/t19-/m0/s1. The summed E-state index contributed by atoms with van der Waals surface area (Å²) in [4.78, 5) is 22.5. The van der Waals surface area contributed by atoms with Crippen LogP contribution in [0, 0.1) is 5.41 Å². The molecule has 0 spiro atoms. The van der Waals surface area contributed by atoms with Crippen LogP contribution in [0.5, 0.6) is 0 Å². The molecule has 1 N–H and O–H groups in total. The summed E-state index contributed by atoms with van der Waals surface area (Å²) in [7, 11) is 0. The topological polar surface area (TPSA) is 66.3 Å². The molecule has 5 heteroatoms. The van der Waals surface area contributed by atoms with Crippen molar-refractivity contribution >= 4 is 18.0 Å². The monoisotopic (exact) mass is 323 g/mol. The summed E-state index contributed by atoms with van der Waals surface area (Å²) in [5, 5.41) is 9.85. The van der Waals surface area contributed by atoms with E-state index in [0.29, 0.717) is 25.3 Å². The normalized spacial score (nSPS) is 21.1. The molecule has 0 amide bonds. The Labute approximate surface area is 141 Å². The molecule has 1 atom stereocenters. The maximum absolute atomic E-state index is 12.0. The Morgan fingerprint density at radius 2 is 1.96 bits per heavy atom. The van der Waals surface area contributed by atoms with Gasteiger partial charge in [0.25, 0.3) is 0 Å². The van der Waals surface area contributed by atoms with Crippen LogP contribution in [0.3, 0.4) is 0 Å². The smallest absolute Gasteiger partial charge is 0.311 e. The third kappa shape index (κ3) is 3.62. The van der Waals surface area contributed by atoms with E-state index >= 15 is 0 Å². The summed E-state index contributed by atoms with van der Waals surface area (Å²) in [6, 6.07) is 11.7. The average Bonchev–Trinajstić information content (AvgIpc) is 2.63. The fraction of sp³-hybridized carbons (Fsp3) is 0.316. The van der Waals surface area contributed by atoms with Gasteiger partial charge in [0.15, 0.2) is 0 Å². The number of hydrogen-bond acceptors (Lipinski definition) is 4. The van der Waals surface area contributed by atoms with Crippen molar-refractivity contribution in [2.75, 3.05) is 18.0 Å². The number of carboxylic acids is 1. The van der Waals surface area contributed by atoms with Crippen LogP contribution in [0.2, 0.25) is 0 Å². The van der Waals surface area contributed by atoms with E-state index in [9.17, 15) is 9.90 Å². The summed E-state index contributed by atoms with van der Waals surface area (Å²) < 4.78 is 0. The van der Waals surface area contributed by atoms with Crippen molar-refractivity contribution in [2.24, 2.45) is 5.41 Å². The molecule has 1 aromatic carbocycles. The van der Waals surface area contributed by atoms with Gasteiger partial charge in [-0.1, -0.05) is 42.5 Å². The van der Waals surface area contributed by atoms with Gasteiger partial charge in [-0.2, -0.15) is 0 Å². The van der Waals surface area contributed by atoms with Gasteiger partial charge < -0.3 is 10.0 Å². The summed E-state index contributed by atoms with van der Waals surface area (Å²) in [6.45, 7) is 1.23. The number of allylic oxidation sites excluding steroid dienone is 1. The molecule has 1 aromatic heterocycles. The summed E-state index contributed by atoms with van der Waals surface area (Å²) in [6.07, 6.45) is 9.33. The number of rotatable bonds is 5. The molecule has 1 aliphatic heterocycles. The van der Waals surface area contributed by atoms with Crippen molar-refractivity contribution in [3.8, 4) is 0 Å². The van der Waals surface area contributed by atoms with Crippen LogP contribution in [0.25, 0.3) is 6.08 Å². The molecular weight excluding hydrogens is 302 g/mol. The summed E-state index contributed by atoms with van der Waals surface area (Å²) >= 11 is 0. The van der Waals surface area contributed by atoms with Crippen molar-refractivity contribution in [2.45, 2.75) is 19.3 Å². The molecule has 2 heterocycles. The number of carboxylic acid groups (broad SMARTS) is 1. The third-order valence-electron chi connectivity index (χ3n) is 4.48. The highest BCUT2D eigenvalue weighted by Gasteiger charge is 2.42. The zero-order valence-electron chi connectivity index (χ0n) is 13.5. The van der Waals surface area contributed by atoms with Crippen LogP contribution < -0.4 is 4.90 Å². The van der Waals surface area contributed by atoms with E-state index in [1.807, 2.05) is 47.4 Å². The van der Waals surface area contributed by atoms with Gasteiger partial charge in [0, 0.05) is 25.5 Å². The fourth-order valence-electron chi connectivity index (χ4n) is 3.17. The van der Waals surface area contributed by atoms with Gasteiger partial charge in [-0.25, -0.2) is 9.97 Å². The summed E-state index contributed by atoms with van der Waals surface area (Å²) in [5.74, 6) is -0.143. The van der Waals surface area contributed by atoms with Crippen LogP contribution in [-0.4, -0.2) is 34.1 Å². The molecule has 2 aromatic rings. The van der Waals surface area contributed by atoms with E-state index in [-0.39, 0.29) is 0 Å². The predicted octanol–water partition coefficient (Wildman–Crippen LogP) is 3.25. The van der Waals surface area contributed by atoms with Gasteiger partial charge in [-0.15, -0.1) is 0 Å². The van der Waals surface area contributed by atoms with E-state index < -0.39 is 11.4 Å². The fourth-order valence-corrected chi connectivity index (χ4v) is 3.17. The number of carbonyl (C=O) groups is 1. The first-order chi connectivity index (χ1) is 11.7. The average molecular weight is 323 g/mol. The predicted molar refractivity (Wildman–Crippen MR) is 93.6 cm³/mol. The molecule has 3 rings (SSSR count). The van der Waals surface area contributed by atoms with Crippen LogP contribution in [0.4, 0.5) is 5.95 Å². The van der Waals surface area contributed by atoms with Gasteiger partial charge in [-0.3, -0.25) is 4.79 Å². The van der Waals surface area contributed by atoms with Crippen molar-refractivity contribution in [1.29, 1.82) is 0 Å². The van der Waals surface area contributed by atoms with Crippen LogP contribution >= 0.6 is 0 Å². The molecule has 0 bridgehead atoms. The number of anilines is 1. The highest BCUT2D eigenvalue weighted by molar-refractivity contribution is 5.76. The Morgan fingerprint density at radius 3 is 2.67 bits per heavy atom. The maximum Gasteiger partial charge on any atom is 0.311 e. The first kappa shape index (κ1) is 16.2. The number of nitrogens with zero attached hydrogens (tertiary/aromatic N) is 3. The zero-order chi connectivity index (χ0) is 16.8. The summed E-state index contributed by atoms with van der Waals surface area (Å²) in [5.41, 5.74) is 0.292. The zero-order valence-corrected chi connectivity index (χ0v) is 13.5. The third-order valence-corrected chi connectivity index (χ3v) is 4.48. The number of piperidine rings is 1. The van der Waals surface area contributed by atoms with E-state index in [1.165, 1.54) is 0 Å². The van der Waals surface area contributed by atoms with Crippen molar-refractivity contribution in [3.63, 3.8) is 0 Å². The minimum absolute atomic E-state index is 0.436. The van der Waals surface area contributed by atoms with Crippen LogP contribution in [-0.2, 0) is 4.79 Å². The maximum atomic E-state index is 12.0. The van der Waals surface area contributed by atoms with Crippen molar-refractivity contribution in [1.82, 2.24) is 9.97 Å². The molecule has 0 aliphatic carbocycles. The lowest BCUT2D eigenvalue weighted by Gasteiger charge is -2.39. The SMILES string of the molecule is O=C(O)[C@@]1(C/C=C/c2ccccc2)CCCN(c2ncccn2)C1. The van der Waals surface area contributed by atoms with Crippen LogP contribution in [0.1, 0.15) is 24.8 Å². The second-order valence-electron chi connectivity index (χ2n) is 6.18. The Morgan fingerprint density at radius 1 is 1.21 bits per heavy atom. The molecule has 124 valence electrons. The van der Waals surface area contributed by atoms with E-state index in [2.05, 4.69) is 9.97 Å². The van der Waals surface area contributed by atoms with Gasteiger partial charge in [-0.05, 0) is 30.9 Å². The molecule has 0 unspecified atom stereocenters. The van der Waals surface area contributed by atoms with Gasteiger partial charge in [0.2, 0.25) is 5.95 Å². The lowest BCUT2D eigenvalue weighted by atomic mass is 9.77. The Balaban J connectivity index is 1.75. The van der Waals surface area contributed by atoms with E-state index in [0.717, 1.165) is 18.5 Å². The highest BCUT2D eigenvalue weighted by atomic mass is 16.4. The quantitative estimate of drug-likeness (QED) is 0.915. The molecule has 0 saturated carbocycles. The number of hydrogen-bond donors (Lipinski definition) is 1. The number of benzene rings is 1. The molecule has 24 heavy (non-hydrogen) atoms. The Bertz CT molecular complexity index is 703. The number of aromatic nitrogens is 2. The Hall–Kier alpha value is -2.69. The first-order valence-corrected chi connectivity index (χ1v) is 8.17. The van der Waals surface area contributed by atoms with E-state index in [4.69, 9.17) is 0 Å². The molecule has 5 nitrogen and oxygen atoms in total.